The second-order valence-electron chi connectivity index (χ2n) is 16.7. The van der Waals surface area contributed by atoms with Crippen LogP contribution in [0.25, 0.3) is 20.9 Å². The van der Waals surface area contributed by atoms with Gasteiger partial charge >= 0.3 is 18.2 Å². The number of ether oxygens (including phenoxy) is 4. The molecule has 4 aromatic rings. The highest BCUT2D eigenvalue weighted by Gasteiger charge is 2.31. The van der Waals surface area contributed by atoms with Crippen LogP contribution < -0.4 is 32.0 Å². The van der Waals surface area contributed by atoms with Crippen LogP contribution in [0.5, 0.6) is 0 Å². The predicted molar refractivity (Wildman–Crippen MR) is 263 cm³/mol. The summed E-state index contributed by atoms with van der Waals surface area (Å²) in [6.07, 6.45) is 8.79. The fraction of sp³-hybridized carbons (Fsp3) is 0.500. The van der Waals surface area contributed by atoms with Crippen LogP contribution in [0.3, 0.4) is 0 Å². The van der Waals surface area contributed by atoms with Gasteiger partial charge in [0.2, 0.25) is 26.0 Å². The molecule has 384 valence electrons. The van der Waals surface area contributed by atoms with Gasteiger partial charge < -0.3 is 46.6 Å². The fourth-order valence-corrected chi connectivity index (χ4v) is 13.1. The number of aromatic carboxylic acids is 1. The van der Waals surface area contributed by atoms with Gasteiger partial charge in [-0.05, 0) is 75.6 Å². The van der Waals surface area contributed by atoms with Gasteiger partial charge in [-0.1, -0.05) is 26.0 Å². The number of carbonyl (C=O) groups excluding carboxylic acids is 3. The molecule has 2 saturated carbocycles. The summed E-state index contributed by atoms with van der Waals surface area (Å²) in [5.41, 5.74) is 6.29. The molecule has 3 amide bonds. The smallest absolute Gasteiger partial charge is 0.407 e. The average molecular weight is 1070 g/mol. The van der Waals surface area contributed by atoms with Gasteiger partial charge in [-0.3, -0.25) is 4.79 Å². The van der Waals surface area contributed by atoms with Crippen LogP contribution >= 0.6 is 35.1 Å². The molecule has 2 aromatic heterocycles. The van der Waals surface area contributed by atoms with Crippen LogP contribution in [-0.4, -0.2) is 120 Å². The number of carboxylic acids is 1. The van der Waals surface area contributed by atoms with Gasteiger partial charge in [-0.2, -0.15) is 0 Å². The summed E-state index contributed by atoms with van der Waals surface area (Å²) in [6.45, 7) is 5.56. The van der Waals surface area contributed by atoms with E-state index in [9.17, 15) is 41.1 Å². The molecule has 2 aliphatic carbocycles. The number of amides is 3. The van der Waals surface area contributed by atoms with Gasteiger partial charge in [0.05, 0.1) is 61.6 Å². The van der Waals surface area contributed by atoms with Gasteiger partial charge in [0.25, 0.3) is 0 Å². The van der Waals surface area contributed by atoms with Crippen molar-refractivity contribution in [2.24, 2.45) is 5.73 Å². The summed E-state index contributed by atoms with van der Waals surface area (Å²) in [6, 6.07) is 8.63. The Balaban J connectivity index is 0.000000254. The number of hydrogen-bond acceptors (Lipinski definition) is 17. The van der Waals surface area contributed by atoms with Crippen LogP contribution in [0.15, 0.2) is 58.6 Å². The van der Waals surface area contributed by atoms with Crippen LogP contribution in [0.2, 0.25) is 0 Å². The van der Waals surface area contributed by atoms with Crippen molar-refractivity contribution in [3.05, 3.63) is 69.9 Å². The minimum absolute atomic E-state index is 0. The van der Waals surface area contributed by atoms with Crippen molar-refractivity contribution in [2.75, 3.05) is 39.5 Å². The quantitative estimate of drug-likeness (QED) is 0.0687. The summed E-state index contributed by atoms with van der Waals surface area (Å²) >= 11 is 2.86. The first-order chi connectivity index (χ1) is 32.5. The molecule has 0 unspecified atom stereocenters. The second kappa shape index (κ2) is 25.0. The van der Waals surface area contributed by atoms with E-state index in [1.165, 1.54) is 53.0 Å². The second-order valence-corrected chi connectivity index (χ2v) is 22.3. The molecule has 0 atom stereocenters. The van der Waals surface area contributed by atoms with Crippen molar-refractivity contribution in [3.63, 3.8) is 0 Å². The first-order valence-electron chi connectivity index (χ1n) is 22.4. The fourth-order valence-electron chi connectivity index (χ4n) is 8.16. The first-order valence-corrected chi connectivity index (χ1v) is 27.0. The number of nitrogens with one attached hydrogen (secondary N) is 4. The summed E-state index contributed by atoms with van der Waals surface area (Å²) in [5.74, 6) is -1.45. The molecular formula is C44H59ClN8O13S4. The predicted octanol–water partition coefficient (Wildman–Crippen LogP) is 5.90. The zero-order chi connectivity index (χ0) is 48.6. The molecule has 0 spiro atoms. The van der Waals surface area contributed by atoms with Gasteiger partial charge in [0.1, 0.15) is 0 Å². The third kappa shape index (κ3) is 14.2. The molecular weight excluding hydrogens is 1010 g/mol. The highest BCUT2D eigenvalue weighted by Crippen LogP contribution is 2.41. The van der Waals surface area contributed by atoms with Gasteiger partial charge in [0, 0.05) is 66.1 Å². The Morgan fingerprint density at radius 3 is 1.40 bits per heavy atom. The third-order valence-electron chi connectivity index (χ3n) is 11.9. The van der Waals surface area contributed by atoms with Crippen molar-refractivity contribution in [1.82, 2.24) is 36.2 Å². The maximum absolute atomic E-state index is 12.8. The normalized spacial score (nSPS) is 20.4. The Hall–Kier alpha value is -4.83. The number of nitrogens with zero attached hydrogens (tertiary/aromatic N) is 2. The first kappa shape index (κ1) is 56.1. The lowest BCUT2D eigenvalue weighted by Crippen LogP contribution is -2.44. The zero-order valence-corrected chi connectivity index (χ0v) is 42.6. The van der Waals surface area contributed by atoms with Crippen molar-refractivity contribution in [3.8, 4) is 20.9 Å². The minimum Gasteiger partial charge on any atom is -0.478 e. The molecule has 4 heterocycles. The van der Waals surface area contributed by atoms with E-state index >= 15 is 0 Å². The van der Waals surface area contributed by atoms with Gasteiger partial charge in [-0.15, -0.1) is 35.1 Å². The van der Waals surface area contributed by atoms with E-state index in [2.05, 4.69) is 30.0 Å². The minimum atomic E-state index is -3.88. The molecule has 10 N–H and O–H groups in total. The maximum atomic E-state index is 12.8. The monoisotopic (exact) mass is 1070 g/mol. The lowest BCUT2D eigenvalue weighted by atomic mass is 9.86. The molecule has 4 aliphatic rings. The molecule has 2 saturated heterocycles. The number of benzene rings is 2. The number of thiazole rings is 2. The highest BCUT2D eigenvalue weighted by atomic mass is 35.5. The Morgan fingerprint density at radius 1 is 0.671 bits per heavy atom. The van der Waals surface area contributed by atoms with E-state index in [1.807, 2.05) is 0 Å². The highest BCUT2D eigenvalue weighted by molar-refractivity contribution is 7.90. The molecule has 70 heavy (non-hydrogen) atoms. The molecule has 26 heteroatoms. The number of rotatable bonds is 16. The number of carbonyl (C=O) groups is 4. The number of primary amides is 1. The Kier molecular flexibility index (Phi) is 20.0. The molecule has 0 radical (unpaired) electrons. The molecule has 2 aromatic carbocycles. The van der Waals surface area contributed by atoms with E-state index in [0.717, 1.165) is 61.4 Å². The van der Waals surface area contributed by atoms with E-state index in [4.69, 9.17) is 24.7 Å². The summed E-state index contributed by atoms with van der Waals surface area (Å²) in [5, 5.41) is 17.0. The van der Waals surface area contributed by atoms with Crippen molar-refractivity contribution < 1.29 is 60.1 Å². The lowest BCUT2D eigenvalue weighted by Gasteiger charge is -2.30. The molecule has 8 rings (SSSR count). The molecule has 0 bridgehead atoms. The van der Waals surface area contributed by atoms with Crippen LogP contribution in [0.1, 0.15) is 108 Å². The van der Waals surface area contributed by atoms with E-state index < -0.39 is 44.1 Å². The van der Waals surface area contributed by atoms with Crippen molar-refractivity contribution in [2.45, 2.75) is 111 Å². The third-order valence-corrected chi connectivity index (χ3v) is 17.4. The number of sulfonamides is 2. The number of halogens is 1. The SMILES string of the molecule is CCNS(=O)(=O)c1cc(C(=O)O)ccc1-c1cnc(C2CCC(NC(=O)OC3COC3)CC2)s1.CCNS(=O)(=O)c1cc(C(N)=O)ccc1-c1cnc(C2CCC(NC(=O)OC3COC3)CC2)s1.Cl.N. The van der Waals surface area contributed by atoms with E-state index in [1.54, 1.807) is 32.3 Å². The van der Waals surface area contributed by atoms with Gasteiger partial charge in [-0.25, -0.2) is 50.6 Å². The Labute approximate surface area is 420 Å². The number of hydrogen-bond donors (Lipinski definition) is 7. The van der Waals surface area contributed by atoms with Crippen molar-refractivity contribution >= 4 is 79.2 Å². The molecule has 2 aliphatic heterocycles. The number of carboxylic acid groups (broad SMARTS) is 1. The zero-order valence-electron chi connectivity index (χ0n) is 38.5. The average Bonchev–Trinajstić information content (AvgIpc) is 3.98. The standard InChI is InChI=1S/C22H28N4O6S2.C22H27N3O7S2.ClH.H3N/c1-2-25-34(29,30)19-9-14(20(23)27)5-8-17(19)18-10-24-21(33-18)13-3-6-15(7-4-13)26-22(28)32-16-11-31-12-16;1-2-24-34(29,30)19-9-14(21(26)27)5-8-17(19)18-10-23-20(33-18)13-3-6-15(7-4-13)25-22(28)32-16-11-31-12-16;;/h5,8-10,13,15-16,25H,2-4,6-7,11-12H2,1H3,(H2,23,27)(H,26,28);5,8-10,13,15-16,24H,2-4,6-7,11-12H2,1H3,(H,25,28)(H,26,27);1H;1H3. The van der Waals surface area contributed by atoms with E-state index in [0.29, 0.717) is 47.3 Å². The maximum Gasteiger partial charge on any atom is 0.407 e. The van der Waals surface area contributed by atoms with Crippen LogP contribution in [-0.2, 0) is 39.0 Å². The summed E-state index contributed by atoms with van der Waals surface area (Å²) in [7, 11) is -7.71. The summed E-state index contributed by atoms with van der Waals surface area (Å²) in [4.78, 5) is 57.4. The summed E-state index contributed by atoms with van der Waals surface area (Å²) < 4.78 is 76.5. The topological polar surface area (TPSA) is 329 Å². The van der Waals surface area contributed by atoms with Gasteiger partial charge in [0.15, 0.2) is 12.2 Å². The van der Waals surface area contributed by atoms with E-state index in [-0.39, 0.29) is 88.7 Å². The van der Waals surface area contributed by atoms with Crippen LogP contribution in [0, 0.1) is 0 Å². The van der Waals surface area contributed by atoms with Crippen LogP contribution in [0.4, 0.5) is 9.59 Å². The molecule has 4 fully saturated rings. The molecule has 21 nitrogen and oxygen atoms in total. The lowest BCUT2D eigenvalue weighted by molar-refractivity contribution is -0.0985. The Morgan fingerprint density at radius 2 is 1.06 bits per heavy atom. The number of alkyl carbamates (subject to hydrolysis) is 2. The van der Waals surface area contributed by atoms with Crippen molar-refractivity contribution in [1.29, 1.82) is 0 Å². The Bertz CT molecular complexity index is 2500. The number of aromatic nitrogens is 2. The largest absolute Gasteiger partial charge is 0.478 e. The number of nitrogens with two attached hydrogens (primary N) is 1.